The lowest BCUT2D eigenvalue weighted by Crippen LogP contribution is -2.58. The van der Waals surface area contributed by atoms with Crippen LogP contribution in [-0.4, -0.2) is 40.5 Å². The molecule has 2 aliphatic heterocycles. The summed E-state index contributed by atoms with van der Waals surface area (Å²) in [5.74, 6) is 2.60. The smallest absolute Gasteiger partial charge is 0.119 e. The Morgan fingerprint density at radius 1 is 0.742 bits per heavy atom. The van der Waals surface area contributed by atoms with Gasteiger partial charge in [0, 0.05) is 22.2 Å². The molecule has 2 fully saturated rings. The molecule has 0 atom stereocenters. The van der Waals surface area contributed by atoms with Gasteiger partial charge in [-0.2, -0.15) is 0 Å². The first kappa shape index (κ1) is 24.3. The van der Waals surface area contributed by atoms with Crippen LogP contribution in [0, 0.1) is 11.8 Å². The molecule has 1 aromatic carbocycles. The molecule has 3 rings (SSSR count). The number of nitrogens with one attached hydrogen (secondary N) is 1. The summed E-state index contributed by atoms with van der Waals surface area (Å²) < 4.78 is 26.8. The van der Waals surface area contributed by atoms with Gasteiger partial charge in [0.1, 0.15) is 11.5 Å². The maximum absolute atomic E-state index is 14.6. The molecule has 176 valence electrons. The summed E-state index contributed by atoms with van der Waals surface area (Å²) in [6.45, 7) is 18.3. The largest absolute Gasteiger partial charge is 0.493 e. The molecule has 0 spiro atoms. The van der Waals surface area contributed by atoms with E-state index < -0.39 is 11.1 Å². The predicted molar refractivity (Wildman–Crippen MR) is 125 cm³/mol. The fraction of sp³-hybridized carbons (Fsp3) is 0.769. The highest BCUT2D eigenvalue weighted by Gasteiger charge is 2.46. The van der Waals surface area contributed by atoms with E-state index >= 15 is 0 Å². The lowest BCUT2D eigenvalue weighted by Gasteiger charge is -2.49. The van der Waals surface area contributed by atoms with Crippen LogP contribution < -0.4 is 14.8 Å². The molecule has 2 saturated heterocycles. The van der Waals surface area contributed by atoms with Gasteiger partial charge in [0.05, 0.1) is 13.2 Å². The van der Waals surface area contributed by atoms with Crippen LogP contribution in [0.25, 0.3) is 0 Å². The molecule has 2 heterocycles. The highest BCUT2D eigenvalue weighted by atomic mass is 19.2. The van der Waals surface area contributed by atoms with Crippen molar-refractivity contribution in [3.8, 4) is 11.5 Å². The van der Waals surface area contributed by atoms with Gasteiger partial charge in [0.2, 0.25) is 0 Å². The van der Waals surface area contributed by atoms with Crippen molar-refractivity contribution in [3.63, 3.8) is 0 Å². The number of hydrogen-bond donors (Lipinski definition) is 1. The summed E-state index contributed by atoms with van der Waals surface area (Å²) in [6, 6.07) is 7.94. The number of piperidine rings is 2. The number of nitrogens with zero attached hydrogens (tertiary/aromatic N) is 1. The minimum absolute atomic E-state index is 0.134. The zero-order valence-electron chi connectivity index (χ0n) is 20.8. The molecule has 0 aromatic heterocycles. The van der Waals surface area contributed by atoms with Gasteiger partial charge in [-0.25, -0.2) is 0 Å². The van der Waals surface area contributed by atoms with Crippen molar-refractivity contribution in [2.24, 2.45) is 11.8 Å². The van der Waals surface area contributed by atoms with Crippen molar-refractivity contribution in [1.29, 1.82) is 0 Å². The van der Waals surface area contributed by atoms with Crippen LogP contribution in [0.5, 0.6) is 11.5 Å². The van der Waals surface area contributed by atoms with E-state index in [9.17, 15) is 4.48 Å². The number of halogens is 1. The van der Waals surface area contributed by atoms with Crippen molar-refractivity contribution in [3.05, 3.63) is 24.3 Å². The lowest BCUT2D eigenvalue weighted by molar-refractivity contribution is -0.184. The molecular weight excluding hydrogens is 391 g/mol. The SMILES string of the molecule is CC1(C)CC(COc2ccc(OCC3CC(C)(C)N(F)C(C)(C)C3)cc2)CC(C)(C)N1. The fourth-order valence-corrected chi connectivity index (χ4v) is 6.29. The minimum Gasteiger partial charge on any atom is -0.493 e. The van der Waals surface area contributed by atoms with Gasteiger partial charge < -0.3 is 14.8 Å². The molecule has 0 aliphatic carbocycles. The quantitative estimate of drug-likeness (QED) is 0.544. The second kappa shape index (κ2) is 8.55. The summed E-state index contributed by atoms with van der Waals surface area (Å²) in [5.41, 5.74) is -0.666. The third-order valence-corrected chi connectivity index (χ3v) is 6.71. The predicted octanol–water partition coefficient (Wildman–Crippen LogP) is 6.15. The fourth-order valence-electron chi connectivity index (χ4n) is 6.29. The molecule has 1 N–H and O–H groups in total. The molecule has 0 radical (unpaired) electrons. The van der Waals surface area contributed by atoms with Crippen molar-refractivity contribution < 1.29 is 14.0 Å². The van der Waals surface area contributed by atoms with E-state index in [1.165, 1.54) is 0 Å². The zero-order valence-corrected chi connectivity index (χ0v) is 20.8. The first-order chi connectivity index (χ1) is 14.2. The monoisotopic (exact) mass is 434 g/mol. The summed E-state index contributed by atoms with van der Waals surface area (Å²) in [5, 5.41) is 4.75. The van der Waals surface area contributed by atoms with Gasteiger partial charge in [-0.15, -0.1) is 9.60 Å². The maximum Gasteiger partial charge on any atom is 0.119 e. The van der Waals surface area contributed by atoms with Crippen LogP contribution in [-0.2, 0) is 0 Å². The van der Waals surface area contributed by atoms with Gasteiger partial charge in [0.15, 0.2) is 0 Å². The highest BCUT2D eigenvalue weighted by Crippen LogP contribution is 2.41. The van der Waals surface area contributed by atoms with Gasteiger partial charge in [0.25, 0.3) is 0 Å². The van der Waals surface area contributed by atoms with Gasteiger partial charge in [-0.1, -0.05) is 0 Å². The number of ether oxygens (including phenoxy) is 2. The van der Waals surface area contributed by atoms with Crippen molar-refractivity contribution in [2.75, 3.05) is 13.2 Å². The van der Waals surface area contributed by atoms with Gasteiger partial charge in [-0.05, 0) is 117 Å². The van der Waals surface area contributed by atoms with Crippen LogP contribution in [0.3, 0.4) is 0 Å². The van der Waals surface area contributed by atoms with Crippen LogP contribution in [0.2, 0.25) is 0 Å². The van der Waals surface area contributed by atoms with Crippen LogP contribution in [0.4, 0.5) is 4.48 Å². The van der Waals surface area contributed by atoms with Gasteiger partial charge in [-0.3, -0.25) is 0 Å². The summed E-state index contributed by atoms with van der Waals surface area (Å²) >= 11 is 0. The van der Waals surface area contributed by atoms with E-state index in [0.717, 1.165) is 48.9 Å². The second-order valence-corrected chi connectivity index (χ2v) is 12.4. The van der Waals surface area contributed by atoms with E-state index in [-0.39, 0.29) is 11.1 Å². The van der Waals surface area contributed by atoms with Crippen LogP contribution in [0.15, 0.2) is 24.3 Å². The second-order valence-electron chi connectivity index (χ2n) is 12.4. The molecule has 0 saturated carbocycles. The molecule has 31 heavy (non-hydrogen) atoms. The summed E-state index contributed by atoms with van der Waals surface area (Å²) in [4.78, 5) is 0. The topological polar surface area (TPSA) is 33.7 Å². The Bertz CT molecular complexity index is 708. The molecule has 0 amide bonds. The Kier molecular flexibility index (Phi) is 6.71. The number of benzene rings is 1. The third-order valence-electron chi connectivity index (χ3n) is 6.71. The summed E-state index contributed by atoms with van der Waals surface area (Å²) in [6.07, 6.45) is 3.80. The van der Waals surface area contributed by atoms with Crippen molar-refractivity contribution in [1.82, 2.24) is 10.4 Å². The first-order valence-corrected chi connectivity index (χ1v) is 11.8. The summed E-state index contributed by atoms with van der Waals surface area (Å²) in [7, 11) is 0. The Labute approximate surface area is 188 Å². The molecule has 0 bridgehead atoms. The zero-order chi connectivity index (χ0) is 23.1. The Morgan fingerprint density at radius 2 is 1.10 bits per heavy atom. The molecule has 4 nitrogen and oxygen atoms in total. The molecule has 1 aromatic rings. The van der Waals surface area contributed by atoms with E-state index in [2.05, 4.69) is 33.0 Å². The third kappa shape index (κ3) is 6.35. The molecular formula is C26H43FN2O2. The van der Waals surface area contributed by atoms with E-state index in [4.69, 9.17) is 9.47 Å². The standard InChI is InChI=1S/C26H43FN2O2/c1-23(2)13-19(14-24(3,4)28-23)17-30-21-9-11-22(12-10-21)31-18-20-15-25(5,6)29(27)26(7,8)16-20/h9-12,19-20,28H,13-18H2,1-8H3. The van der Waals surface area contributed by atoms with Crippen molar-refractivity contribution in [2.45, 2.75) is 103 Å². The average Bonchev–Trinajstić information content (AvgIpc) is 2.60. The normalized spacial score (nSPS) is 25.8. The molecule has 2 aliphatic rings. The number of rotatable bonds is 6. The average molecular weight is 435 g/mol. The molecule has 5 heteroatoms. The van der Waals surface area contributed by atoms with Gasteiger partial charge >= 0.3 is 0 Å². The van der Waals surface area contributed by atoms with Crippen LogP contribution >= 0.6 is 0 Å². The van der Waals surface area contributed by atoms with E-state index in [1.54, 1.807) is 0 Å². The number of hydrogen-bond acceptors (Lipinski definition) is 4. The Hall–Kier alpha value is -1.33. The van der Waals surface area contributed by atoms with E-state index in [0.29, 0.717) is 18.4 Å². The first-order valence-electron chi connectivity index (χ1n) is 11.8. The van der Waals surface area contributed by atoms with Crippen LogP contribution in [0.1, 0.15) is 81.1 Å². The lowest BCUT2D eigenvalue weighted by atomic mass is 9.76. The Morgan fingerprint density at radius 3 is 1.48 bits per heavy atom. The Balaban J connectivity index is 1.50. The molecule has 0 unspecified atom stereocenters. The highest BCUT2D eigenvalue weighted by molar-refractivity contribution is 5.31. The van der Waals surface area contributed by atoms with E-state index in [1.807, 2.05) is 52.0 Å². The maximum atomic E-state index is 14.6. The van der Waals surface area contributed by atoms with Crippen molar-refractivity contribution >= 4 is 0 Å². The minimum atomic E-state index is -0.467.